The van der Waals surface area contributed by atoms with Gasteiger partial charge in [0.1, 0.15) is 11.3 Å². The minimum Gasteiger partial charge on any atom is -0.370 e. The highest BCUT2D eigenvalue weighted by molar-refractivity contribution is 7.15. The van der Waals surface area contributed by atoms with Crippen LogP contribution in [0.5, 0.6) is 0 Å². The summed E-state index contributed by atoms with van der Waals surface area (Å²) < 4.78 is 11.6. The van der Waals surface area contributed by atoms with Crippen molar-refractivity contribution in [2.45, 2.75) is 45.1 Å². The second-order valence-electron chi connectivity index (χ2n) is 7.84. The molecule has 0 saturated carbocycles. The molecule has 1 saturated heterocycles. The Hall–Kier alpha value is -2.58. The van der Waals surface area contributed by atoms with Crippen molar-refractivity contribution < 1.29 is 14.1 Å². The minimum absolute atomic E-state index is 0.0158. The lowest BCUT2D eigenvalue weighted by atomic mass is 9.82. The first-order valence-corrected chi connectivity index (χ1v) is 11.2. The van der Waals surface area contributed by atoms with Crippen molar-refractivity contribution in [3.8, 4) is 10.6 Å². The van der Waals surface area contributed by atoms with Crippen molar-refractivity contribution in [1.29, 1.82) is 0 Å². The van der Waals surface area contributed by atoms with Crippen LogP contribution in [0.3, 0.4) is 0 Å². The maximum absolute atomic E-state index is 13.1. The molecule has 0 aliphatic carbocycles. The highest BCUT2D eigenvalue weighted by atomic mass is 32.1. The van der Waals surface area contributed by atoms with Gasteiger partial charge in [-0.25, -0.2) is 0 Å². The number of carbonyl (C=O) groups is 1. The summed E-state index contributed by atoms with van der Waals surface area (Å²) in [6.45, 7) is 5.82. The number of piperidine rings is 1. The average Bonchev–Trinajstić information content (AvgIpc) is 3.39. The molecule has 1 spiro atoms. The predicted octanol–water partition coefficient (Wildman–Crippen LogP) is 3.77. The van der Waals surface area contributed by atoms with E-state index < -0.39 is 0 Å². The number of hydrogen-bond donors (Lipinski definition) is 0. The van der Waals surface area contributed by atoms with E-state index in [9.17, 15) is 4.79 Å². The van der Waals surface area contributed by atoms with Crippen LogP contribution < -0.4 is 0 Å². The number of fused-ring (bicyclic) bond motifs is 2. The van der Waals surface area contributed by atoms with E-state index in [1.165, 1.54) is 10.4 Å². The van der Waals surface area contributed by atoms with Crippen LogP contribution in [0.2, 0.25) is 0 Å². The summed E-state index contributed by atoms with van der Waals surface area (Å²) in [7, 11) is 0. The topological polar surface area (TPSA) is 81.4 Å². The van der Waals surface area contributed by atoms with E-state index >= 15 is 0 Å². The third-order valence-electron chi connectivity index (χ3n) is 6.16. The lowest BCUT2D eigenvalue weighted by Gasteiger charge is -2.44. The Kier molecular flexibility index (Phi) is 4.91. The summed E-state index contributed by atoms with van der Waals surface area (Å²) in [5, 5.41) is 4.04. The minimum atomic E-state index is -0.321. The zero-order valence-electron chi connectivity index (χ0n) is 17.2. The number of ether oxygens (including phenoxy) is 1. The third-order valence-corrected chi connectivity index (χ3v) is 7.38. The molecule has 5 heterocycles. The van der Waals surface area contributed by atoms with Crippen molar-refractivity contribution in [1.82, 2.24) is 20.0 Å². The van der Waals surface area contributed by atoms with E-state index in [0.717, 1.165) is 35.5 Å². The number of rotatable bonds is 3. The lowest BCUT2D eigenvalue weighted by molar-refractivity contribution is -0.0926. The molecule has 0 N–H and O–H groups in total. The molecular weight excluding hydrogens is 400 g/mol. The molecule has 7 nitrogen and oxygen atoms in total. The number of hydrogen-bond acceptors (Lipinski definition) is 7. The Morgan fingerprint density at radius 3 is 2.87 bits per heavy atom. The van der Waals surface area contributed by atoms with Gasteiger partial charge in [0, 0.05) is 36.8 Å². The first kappa shape index (κ1) is 19.4. The van der Waals surface area contributed by atoms with Crippen molar-refractivity contribution in [3.63, 3.8) is 0 Å². The van der Waals surface area contributed by atoms with Gasteiger partial charge in [-0.2, -0.15) is 0 Å². The van der Waals surface area contributed by atoms with Gasteiger partial charge in [-0.15, -0.1) is 11.3 Å². The molecule has 0 aromatic carbocycles. The number of aryl methyl sites for hydroxylation is 2. The first-order chi connectivity index (χ1) is 14.6. The highest BCUT2D eigenvalue weighted by Crippen LogP contribution is 2.46. The quantitative estimate of drug-likeness (QED) is 0.637. The van der Waals surface area contributed by atoms with Crippen LogP contribution in [0.4, 0.5) is 0 Å². The summed E-state index contributed by atoms with van der Waals surface area (Å²) in [5.74, 6) is 0.613. The highest BCUT2D eigenvalue weighted by Gasteiger charge is 2.43. The molecule has 3 aromatic rings. The monoisotopic (exact) mass is 424 g/mol. The van der Waals surface area contributed by atoms with E-state index in [4.69, 9.17) is 9.26 Å². The van der Waals surface area contributed by atoms with Crippen molar-refractivity contribution in [3.05, 3.63) is 52.1 Å². The molecule has 0 radical (unpaired) electrons. The molecular formula is C22H24N4O3S. The van der Waals surface area contributed by atoms with Crippen LogP contribution in [0, 0.1) is 6.92 Å². The van der Waals surface area contributed by atoms with Crippen LogP contribution in [-0.2, 0) is 23.2 Å². The maximum Gasteiger partial charge on any atom is 0.259 e. The average molecular weight is 425 g/mol. The van der Waals surface area contributed by atoms with Gasteiger partial charge in [0.15, 0.2) is 0 Å². The molecule has 30 heavy (non-hydrogen) atoms. The van der Waals surface area contributed by atoms with Gasteiger partial charge in [0.25, 0.3) is 5.91 Å². The molecule has 2 aliphatic rings. The maximum atomic E-state index is 13.1. The summed E-state index contributed by atoms with van der Waals surface area (Å²) >= 11 is 1.78. The summed E-state index contributed by atoms with van der Waals surface area (Å²) in [6.07, 6.45) is 8.39. The number of nitrogens with zero attached hydrogens (tertiary/aromatic N) is 4. The number of carbonyl (C=O) groups excluding carboxylic acids is 1. The fraction of sp³-hybridized carbons (Fsp3) is 0.455. The van der Waals surface area contributed by atoms with Crippen LogP contribution in [0.1, 0.15) is 52.0 Å². The van der Waals surface area contributed by atoms with Crippen LogP contribution in [0.25, 0.3) is 10.6 Å². The molecule has 0 atom stereocenters. The molecule has 1 fully saturated rings. The Balaban J connectivity index is 1.38. The van der Waals surface area contributed by atoms with Crippen LogP contribution in [0.15, 0.2) is 29.2 Å². The van der Waals surface area contributed by atoms with Crippen LogP contribution in [-0.4, -0.2) is 45.6 Å². The van der Waals surface area contributed by atoms with Crippen LogP contribution >= 0.6 is 11.3 Å². The molecule has 8 heteroatoms. The zero-order chi connectivity index (χ0) is 20.7. The first-order valence-electron chi connectivity index (χ1n) is 10.4. The summed E-state index contributed by atoms with van der Waals surface area (Å²) in [6, 6.07) is 2.22. The van der Waals surface area contributed by atoms with Gasteiger partial charge < -0.3 is 14.2 Å². The molecule has 2 aliphatic heterocycles. The van der Waals surface area contributed by atoms with Gasteiger partial charge in [0.05, 0.1) is 34.7 Å². The smallest absolute Gasteiger partial charge is 0.259 e. The fourth-order valence-electron chi connectivity index (χ4n) is 4.55. The third kappa shape index (κ3) is 3.15. The molecule has 3 aromatic heterocycles. The number of thiophene rings is 1. The zero-order valence-corrected chi connectivity index (χ0v) is 18.0. The Morgan fingerprint density at radius 2 is 2.13 bits per heavy atom. The Labute approximate surface area is 179 Å². The van der Waals surface area contributed by atoms with Gasteiger partial charge in [0.2, 0.25) is 0 Å². The second kappa shape index (κ2) is 7.59. The summed E-state index contributed by atoms with van der Waals surface area (Å²) in [5.41, 5.74) is 3.20. The lowest BCUT2D eigenvalue weighted by Crippen LogP contribution is -2.48. The standard InChI is InChI=1S/C22H24N4O3S/c1-3-16-20(14(2)29-25-16)21(27)26-9-5-22(6-10-26)15-12-19(17-13-23-7-8-24-17)30-18(15)4-11-28-22/h7-8,12-13H,3-6,9-11H2,1-2H3. The predicted molar refractivity (Wildman–Crippen MR) is 112 cm³/mol. The molecule has 5 rings (SSSR count). The number of amides is 1. The molecule has 0 unspecified atom stereocenters. The fourth-order valence-corrected chi connectivity index (χ4v) is 5.74. The van der Waals surface area contributed by atoms with Crippen molar-refractivity contribution in [2.75, 3.05) is 19.7 Å². The molecule has 1 amide bonds. The SMILES string of the molecule is CCc1noc(C)c1C(=O)N1CCC2(CC1)OCCc1sc(-c3cnccn3)cc12. The Morgan fingerprint density at radius 1 is 1.30 bits per heavy atom. The van der Waals surface area contributed by atoms with E-state index in [2.05, 4.69) is 21.2 Å². The molecule has 0 bridgehead atoms. The van der Waals surface area contributed by atoms with Gasteiger partial charge in [-0.3, -0.25) is 14.8 Å². The normalized spacial score (nSPS) is 17.9. The van der Waals surface area contributed by atoms with Crippen molar-refractivity contribution >= 4 is 17.2 Å². The van der Waals surface area contributed by atoms with Gasteiger partial charge >= 0.3 is 0 Å². The largest absolute Gasteiger partial charge is 0.370 e. The molecule has 156 valence electrons. The van der Waals surface area contributed by atoms with E-state index in [1.54, 1.807) is 36.9 Å². The second-order valence-corrected chi connectivity index (χ2v) is 8.97. The van der Waals surface area contributed by atoms with Gasteiger partial charge in [-0.05, 0) is 37.8 Å². The Bertz CT molecular complexity index is 1070. The van der Waals surface area contributed by atoms with E-state index in [0.29, 0.717) is 37.4 Å². The van der Waals surface area contributed by atoms with E-state index in [1.807, 2.05) is 11.8 Å². The van der Waals surface area contributed by atoms with E-state index in [-0.39, 0.29) is 11.5 Å². The number of likely N-dealkylation sites (tertiary alicyclic amines) is 1. The number of aromatic nitrogens is 3. The van der Waals surface area contributed by atoms with Gasteiger partial charge in [-0.1, -0.05) is 12.1 Å². The van der Waals surface area contributed by atoms with Crippen molar-refractivity contribution in [2.24, 2.45) is 0 Å². The summed E-state index contributed by atoms with van der Waals surface area (Å²) in [4.78, 5) is 26.2.